The summed E-state index contributed by atoms with van der Waals surface area (Å²) in [4.78, 5) is 11.0. The Morgan fingerprint density at radius 1 is 0.694 bits per heavy atom. The van der Waals surface area contributed by atoms with E-state index in [0.29, 0.717) is 5.92 Å². The normalized spacial score (nSPS) is 12.2. The van der Waals surface area contributed by atoms with Crippen LogP contribution in [-0.2, 0) is 6.42 Å². The number of hydrogen-bond donors (Lipinski definition) is 0. The fourth-order valence-corrected chi connectivity index (χ4v) is 8.68. The largest absolute Gasteiger partial charge is 0.493 e. The Balaban J connectivity index is 1.30. The minimum Gasteiger partial charge on any atom is -0.493 e. The predicted molar refractivity (Wildman–Crippen MR) is 163 cm³/mol. The first-order valence-electron chi connectivity index (χ1n) is 12.7. The minimum atomic E-state index is 0.583. The quantitative estimate of drug-likeness (QED) is 0.169. The second-order valence-corrected chi connectivity index (χ2v) is 13.7. The van der Waals surface area contributed by atoms with E-state index >= 15 is 0 Å². The molecular formula is C31H32OS4. The van der Waals surface area contributed by atoms with Gasteiger partial charge in [-0.05, 0) is 97.1 Å². The zero-order valence-corrected chi connectivity index (χ0v) is 24.6. The van der Waals surface area contributed by atoms with Gasteiger partial charge in [-0.2, -0.15) is 0 Å². The first-order valence-corrected chi connectivity index (χ1v) is 15.9. The molecule has 1 atom stereocenters. The molecule has 0 amide bonds. The molecule has 1 nitrogen and oxygen atoms in total. The molecule has 4 heterocycles. The fraction of sp³-hybridized carbons (Fsp3) is 0.290. The molecular weight excluding hydrogens is 517 g/mol. The molecule has 5 heteroatoms. The highest BCUT2D eigenvalue weighted by atomic mass is 32.1. The summed E-state index contributed by atoms with van der Waals surface area (Å²) in [5.74, 6) is 1.53. The second-order valence-electron chi connectivity index (χ2n) is 9.32. The summed E-state index contributed by atoms with van der Waals surface area (Å²) >= 11 is 7.64. The third-order valence-electron chi connectivity index (χ3n) is 6.37. The van der Waals surface area contributed by atoms with E-state index in [1.807, 2.05) is 45.3 Å². The maximum absolute atomic E-state index is 5.93. The van der Waals surface area contributed by atoms with Crippen LogP contribution in [0.3, 0.4) is 0 Å². The number of ether oxygens (including phenoxy) is 1. The molecule has 0 bridgehead atoms. The highest BCUT2D eigenvalue weighted by molar-refractivity contribution is 7.29. The summed E-state index contributed by atoms with van der Waals surface area (Å²) in [6.45, 7) is 9.70. The van der Waals surface area contributed by atoms with E-state index in [0.717, 1.165) is 18.8 Å². The molecule has 0 aliphatic heterocycles. The van der Waals surface area contributed by atoms with Crippen molar-refractivity contribution in [2.24, 2.45) is 5.92 Å². The monoisotopic (exact) mass is 548 g/mol. The number of rotatable bonds is 10. The molecule has 0 aliphatic rings. The van der Waals surface area contributed by atoms with Crippen molar-refractivity contribution in [3.05, 3.63) is 77.2 Å². The maximum Gasteiger partial charge on any atom is 0.119 e. The summed E-state index contributed by atoms with van der Waals surface area (Å²) in [5, 5.41) is 0. The number of aryl methyl sites for hydroxylation is 2. The summed E-state index contributed by atoms with van der Waals surface area (Å²) < 4.78 is 5.93. The minimum absolute atomic E-state index is 0.583. The molecule has 0 unspecified atom stereocenters. The summed E-state index contributed by atoms with van der Waals surface area (Å²) in [7, 11) is 0. The van der Waals surface area contributed by atoms with E-state index < -0.39 is 0 Å². The van der Waals surface area contributed by atoms with E-state index in [2.05, 4.69) is 94.4 Å². The van der Waals surface area contributed by atoms with Crippen LogP contribution >= 0.6 is 45.3 Å². The zero-order chi connectivity index (χ0) is 25.1. The highest BCUT2D eigenvalue weighted by Crippen LogP contribution is 2.45. The molecule has 5 rings (SSSR count). The summed E-state index contributed by atoms with van der Waals surface area (Å²) in [6.07, 6.45) is 3.52. The van der Waals surface area contributed by atoms with Crippen molar-refractivity contribution in [1.82, 2.24) is 0 Å². The second kappa shape index (κ2) is 11.5. The average Bonchev–Trinajstić information content (AvgIpc) is 3.69. The smallest absolute Gasteiger partial charge is 0.119 e. The van der Waals surface area contributed by atoms with Crippen molar-refractivity contribution in [3.8, 4) is 45.5 Å². The van der Waals surface area contributed by atoms with E-state index in [4.69, 9.17) is 4.74 Å². The third-order valence-corrected chi connectivity index (χ3v) is 11.5. The van der Waals surface area contributed by atoms with E-state index in [9.17, 15) is 0 Å². The van der Waals surface area contributed by atoms with Gasteiger partial charge in [-0.25, -0.2) is 0 Å². The Morgan fingerprint density at radius 2 is 1.33 bits per heavy atom. The molecule has 0 radical (unpaired) electrons. The van der Waals surface area contributed by atoms with Crippen LogP contribution in [0.15, 0.2) is 66.7 Å². The summed E-state index contributed by atoms with van der Waals surface area (Å²) in [5.41, 5.74) is 2.63. The molecule has 0 fully saturated rings. The van der Waals surface area contributed by atoms with E-state index in [-0.39, 0.29) is 0 Å². The number of benzene rings is 1. The Morgan fingerprint density at radius 3 is 2.03 bits per heavy atom. The van der Waals surface area contributed by atoms with Crippen molar-refractivity contribution < 1.29 is 4.74 Å². The molecule has 1 aromatic carbocycles. The van der Waals surface area contributed by atoms with Gasteiger partial charge in [0.2, 0.25) is 0 Å². The highest BCUT2D eigenvalue weighted by Gasteiger charge is 2.14. The van der Waals surface area contributed by atoms with Crippen LogP contribution in [0.25, 0.3) is 39.7 Å². The van der Waals surface area contributed by atoms with Gasteiger partial charge in [0.25, 0.3) is 0 Å². The number of hydrogen-bond acceptors (Lipinski definition) is 5. The molecule has 186 valence electrons. The molecule has 0 aliphatic carbocycles. The van der Waals surface area contributed by atoms with Crippen molar-refractivity contribution >= 4 is 45.3 Å². The van der Waals surface area contributed by atoms with Gasteiger partial charge >= 0.3 is 0 Å². The predicted octanol–water partition coefficient (Wildman–Crippen LogP) is 11.3. The standard InChI is InChI=1S/C31H32OS4/c1-5-7-24-12-13-29(33-24)31-21(4)18-30(36-31)28-17-16-27(35-28)26-15-14-25(34-26)22-8-10-23(11-9-22)32-19-20(3)6-2/h8-18,20H,5-7,19H2,1-4H3/t20-/m0/s1. The van der Waals surface area contributed by atoms with Gasteiger partial charge in [-0.15, -0.1) is 45.3 Å². The van der Waals surface area contributed by atoms with Gasteiger partial charge in [0.05, 0.1) is 6.61 Å². The lowest BCUT2D eigenvalue weighted by Gasteiger charge is -2.11. The topological polar surface area (TPSA) is 9.23 Å². The first-order chi connectivity index (χ1) is 17.5. The van der Waals surface area contributed by atoms with E-state index in [1.165, 1.54) is 63.0 Å². The molecule has 36 heavy (non-hydrogen) atoms. The molecule has 4 aromatic heterocycles. The van der Waals surface area contributed by atoms with Gasteiger partial charge in [0, 0.05) is 39.0 Å². The fourth-order valence-electron chi connectivity index (χ4n) is 4.03. The van der Waals surface area contributed by atoms with Gasteiger partial charge in [0.1, 0.15) is 5.75 Å². The molecule has 5 aromatic rings. The molecule has 0 N–H and O–H groups in total. The Bertz CT molecular complexity index is 1410. The lowest BCUT2D eigenvalue weighted by atomic mass is 10.1. The first kappa shape index (κ1) is 25.5. The van der Waals surface area contributed by atoms with Gasteiger partial charge in [0.15, 0.2) is 0 Å². The third kappa shape index (κ3) is 5.70. The molecule has 0 spiro atoms. The van der Waals surface area contributed by atoms with Crippen molar-refractivity contribution in [2.75, 3.05) is 6.61 Å². The van der Waals surface area contributed by atoms with Crippen LogP contribution < -0.4 is 4.74 Å². The average molecular weight is 549 g/mol. The van der Waals surface area contributed by atoms with Crippen LogP contribution in [-0.4, -0.2) is 6.61 Å². The van der Waals surface area contributed by atoms with Crippen molar-refractivity contribution in [1.29, 1.82) is 0 Å². The van der Waals surface area contributed by atoms with Crippen molar-refractivity contribution in [3.63, 3.8) is 0 Å². The zero-order valence-electron chi connectivity index (χ0n) is 21.3. The van der Waals surface area contributed by atoms with Crippen molar-refractivity contribution in [2.45, 2.75) is 47.0 Å². The van der Waals surface area contributed by atoms with Gasteiger partial charge in [-0.1, -0.05) is 33.6 Å². The molecule has 0 saturated heterocycles. The SMILES string of the molecule is CCCc1ccc(-c2sc(-c3ccc(-c4ccc(-c5ccc(OC[C@@H](C)CC)cc5)s4)s3)cc2C)s1. The number of thiophene rings is 4. The van der Waals surface area contributed by atoms with Crippen LogP contribution in [0.2, 0.25) is 0 Å². The lowest BCUT2D eigenvalue weighted by molar-refractivity contribution is 0.256. The van der Waals surface area contributed by atoms with Crippen LogP contribution in [0.5, 0.6) is 5.75 Å². The molecule has 0 saturated carbocycles. The maximum atomic E-state index is 5.93. The Labute approximate surface area is 231 Å². The van der Waals surface area contributed by atoms with Gasteiger partial charge < -0.3 is 4.74 Å². The lowest BCUT2D eigenvalue weighted by Crippen LogP contribution is -2.06. The van der Waals surface area contributed by atoms with Crippen LogP contribution in [0.4, 0.5) is 0 Å². The van der Waals surface area contributed by atoms with Gasteiger partial charge in [-0.3, -0.25) is 0 Å². The van der Waals surface area contributed by atoms with Crippen LogP contribution in [0.1, 0.15) is 44.1 Å². The Hall–Kier alpha value is -2.18. The van der Waals surface area contributed by atoms with E-state index in [1.54, 1.807) is 0 Å². The van der Waals surface area contributed by atoms with Crippen LogP contribution in [0, 0.1) is 12.8 Å². The summed E-state index contributed by atoms with van der Waals surface area (Å²) in [6, 6.07) is 24.6. The Kier molecular flexibility index (Phi) is 8.12.